The molecule has 0 radical (unpaired) electrons. The maximum Gasteiger partial charge on any atom is 0.417 e. The summed E-state index contributed by atoms with van der Waals surface area (Å²) >= 11 is 0. The van der Waals surface area contributed by atoms with Gasteiger partial charge in [-0.1, -0.05) is 0 Å². The minimum atomic E-state index is -0.378. The third-order valence-electron chi connectivity index (χ3n) is 2.27. The van der Waals surface area contributed by atoms with Crippen LogP contribution in [-0.4, -0.2) is 30.0 Å². The Balaban J connectivity index is 2.54. The van der Waals surface area contributed by atoms with Crippen LogP contribution in [0.2, 0.25) is 0 Å². The van der Waals surface area contributed by atoms with Gasteiger partial charge in [0.1, 0.15) is 0 Å². The Kier molecular flexibility index (Phi) is 1.84. The molecular formula is C9H12N2O2. The van der Waals surface area contributed by atoms with Crippen molar-refractivity contribution in [2.75, 3.05) is 14.1 Å². The third kappa shape index (κ3) is 1.45. The van der Waals surface area contributed by atoms with Crippen molar-refractivity contribution in [2.24, 2.45) is 0 Å². The van der Waals surface area contributed by atoms with E-state index in [1.165, 1.54) is 0 Å². The first-order valence-electron chi connectivity index (χ1n) is 4.24. The van der Waals surface area contributed by atoms with Gasteiger partial charge in [-0.05, 0) is 32.7 Å². The maximum absolute atomic E-state index is 10.9. The van der Waals surface area contributed by atoms with E-state index in [9.17, 15) is 4.79 Å². The molecule has 0 fully saturated rings. The summed E-state index contributed by atoms with van der Waals surface area (Å²) in [7, 11) is 4.02. The van der Waals surface area contributed by atoms with Crippen LogP contribution in [0, 0.1) is 0 Å². The highest BCUT2D eigenvalue weighted by Crippen LogP contribution is 2.03. The zero-order valence-corrected chi connectivity index (χ0v) is 7.70. The van der Waals surface area contributed by atoms with E-state index in [2.05, 4.69) is 9.88 Å². The summed E-state index contributed by atoms with van der Waals surface area (Å²) in [4.78, 5) is 15.6. The van der Waals surface area contributed by atoms with Crippen LogP contribution in [0.3, 0.4) is 0 Å². The minimum Gasteiger partial charge on any atom is -0.408 e. The number of H-pyrrole nitrogens is 1. The summed E-state index contributed by atoms with van der Waals surface area (Å²) in [5.74, 6) is -0.378. The lowest BCUT2D eigenvalue weighted by atomic mass is 10.1. The van der Waals surface area contributed by atoms with Crippen molar-refractivity contribution in [1.82, 2.24) is 9.88 Å². The second kappa shape index (κ2) is 2.88. The lowest BCUT2D eigenvalue weighted by molar-refractivity contribution is 0.360. The molecule has 1 heterocycles. The van der Waals surface area contributed by atoms with Gasteiger partial charge in [0.25, 0.3) is 0 Å². The number of nitrogens with zero attached hydrogens (tertiary/aromatic N) is 1. The molecule has 0 aliphatic heterocycles. The number of oxazole rings is 1. The Morgan fingerprint density at radius 2 is 2.38 bits per heavy atom. The molecule has 4 heteroatoms. The third-order valence-corrected chi connectivity index (χ3v) is 2.27. The van der Waals surface area contributed by atoms with Crippen molar-refractivity contribution in [2.45, 2.75) is 12.5 Å². The standard InChI is InChI=1S/C9H12N2O2/c1-11(2)6-3-4-8-7(5-6)10-9(12)13-8/h4-6H,3H2,1-2H3,(H,10,12). The molecule has 0 spiro atoms. The maximum atomic E-state index is 10.9. The fourth-order valence-electron chi connectivity index (χ4n) is 1.48. The molecule has 4 nitrogen and oxygen atoms in total. The van der Waals surface area contributed by atoms with E-state index in [0.29, 0.717) is 11.5 Å². The molecule has 1 aromatic heterocycles. The molecule has 0 saturated carbocycles. The summed E-state index contributed by atoms with van der Waals surface area (Å²) in [6.45, 7) is 0. The summed E-state index contributed by atoms with van der Waals surface area (Å²) in [6.07, 6.45) is 4.85. The molecule has 0 aromatic carbocycles. The van der Waals surface area contributed by atoms with Crippen molar-refractivity contribution in [3.63, 3.8) is 0 Å². The van der Waals surface area contributed by atoms with E-state index in [4.69, 9.17) is 4.42 Å². The fourth-order valence-corrected chi connectivity index (χ4v) is 1.48. The van der Waals surface area contributed by atoms with Gasteiger partial charge in [0.2, 0.25) is 0 Å². The monoisotopic (exact) mass is 180 g/mol. The molecule has 1 N–H and O–H groups in total. The molecular weight excluding hydrogens is 168 g/mol. The Morgan fingerprint density at radius 3 is 3.08 bits per heavy atom. The zero-order valence-electron chi connectivity index (χ0n) is 7.70. The second-order valence-corrected chi connectivity index (χ2v) is 3.43. The minimum absolute atomic E-state index is 0.348. The van der Waals surface area contributed by atoms with Gasteiger partial charge in [0, 0.05) is 6.04 Å². The number of aromatic amines is 1. The predicted octanol–water partition coefficient (Wildman–Crippen LogP) is -1.14. The van der Waals surface area contributed by atoms with Gasteiger partial charge in [0.05, 0.1) is 5.35 Å². The number of nitrogens with one attached hydrogen (secondary N) is 1. The molecule has 1 aliphatic carbocycles. The Hall–Kier alpha value is -1.29. The number of rotatable bonds is 1. The Labute approximate surface area is 75.2 Å². The van der Waals surface area contributed by atoms with E-state index in [-0.39, 0.29) is 5.76 Å². The van der Waals surface area contributed by atoms with Crippen LogP contribution in [0.25, 0.3) is 12.2 Å². The smallest absolute Gasteiger partial charge is 0.408 e. The first-order chi connectivity index (χ1) is 6.16. The average molecular weight is 180 g/mol. The van der Waals surface area contributed by atoms with Crippen molar-refractivity contribution < 1.29 is 4.42 Å². The van der Waals surface area contributed by atoms with Gasteiger partial charge in [-0.3, -0.25) is 4.98 Å². The number of fused-ring (bicyclic) bond motifs is 1. The second-order valence-electron chi connectivity index (χ2n) is 3.43. The van der Waals surface area contributed by atoms with Crippen LogP contribution in [-0.2, 0) is 0 Å². The number of aromatic nitrogens is 1. The van der Waals surface area contributed by atoms with Crippen LogP contribution in [0.15, 0.2) is 9.21 Å². The first kappa shape index (κ1) is 8.31. The Morgan fingerprint density at radius 1 is 1.62 bits per heavy atom. The molecule has 13 heavy (non-hydrogen) atoms. The quantitative estimate of drug-likeness (QED) is 0.594. The van der Waals surface area contributed by atoms with Crippen molar-refractivity contribution in [3.8, 4) is 0 Å². The highest BCUT2D eigenvalue weighted by Gasteiger charge is 2.11. The molecule has 0 bridgehead atoms. The molecule has 0 saturated heterocycles. The molecule has 2 rings (SSSR count). The molecule has 1 aliphatic rings. The lowest BCUT2D eigenvalue weighted by Crippen LogP contribution is -2.35. The van der Waals surface area contributed by atoms with E-state index in [1.807, 2.05) is 26.2 Å². The van der Waals surface area contributed by atoms with Crippen molar-refractivity contribution in [3.05, 3.63) is 21.3 Å². The van der Waals surface area contributed by atoms with E-state index >= 15 is 0 Å². The van der Waals surface area contributed by atoms with Gasteiger partial charge in [0.15, 0.2) is 5.42 Å². The van der Waals surface area contributed by atoms with Gasteiger partial charge in [-0.2, -0.15) is 0 Å². The fraction of sp³-hybridized carbons (Fsp3) is 0.444. The van der Waals surface area contributed by atoms with Crippen LogP contribution in [0.5, 0.6) is 0 Å². The normalized spacial score (nSPS) is 20.7. The van der Waals surface area contributed by atoms with Gasteiger partial charge >= 0.3 is 5.76 Å². The Bertz CT molecular complexity index is 467. The lowest BCUT2D eigenvalue weighted by Gasteiger charge is -2.19. The van der Waals surface area contributed by atoms with Gasteiger partial charge in [-0.15, -0.1) is 0 Å². The number of hydrogen-bond acceptors (Lipinski definition) is 3. The first-order valence-corrected chi connectivity index (χ1v) is 4.24. The van der Waals surface area contributed by atoms with E-state index in [0.717, 1.165) is 11.8 Å². The largest absolute Gasteiger partial charge is 0.417 e. The molecule has 70 valence electrons. The average Bonchev–Trinajstić information content (AvgIpc) is 2.42. The molecule has 1 atom stereocenters. The summed E-state index contributed by atoms with van der Waals surface area (Å²) < 4.78 is 4.92. The summed E-state index contributed by atoms with van der Waals surface area (Å²) in [5.41, 5.74) is 0.670. The van der Waals surface area contributed by atoms with Crippen molar-refractivity contribution in [1.29, 1.82) is 0 Å². The van der Waals surface area contributed by atoms with Gasteiger partial charge in [-0.25, -0.2) is 4.79 Å². The van der Waals surface area contributed by atoms with E-state index in [1.54, 1.807) is 0 Å². The summed E-state index contributed by atoms with van der Waals surface area (Å²) in [6, 6.07) is 0.348. The van der Waals surface area contributed by atoms with Crippen LogP contribution < -0.4 is 16.5 Å². The molecule has 0 amide bonds. The van der Waals surface area contributed by atoms with Gasteiger partial charge < -0.3 is 9.32 Å². The number of hydrogen-bond donors (Lipinski definition) is 1. The summed E-state index contributed by atoms with van der Waals surface area (Å²) in [5, 5.41) is 0.801. The predicted molar refractivity (Wildman–Crippen MR) is 49.6 cm³/mol. The molecule has 1 aromatic rings. The topological polar surface area (TPSA) is 49.2 Å². The van der Waals surface area contributed by atoms with Crippen molar-refractivity contribution >= 4 is 12.2 Å². The highest BCUT2D eigenvalue weighted by atomic mass is 16.4. The SMILES string of the molecule is CN(C)C1C=c2[nH]c(=O)oc2=CC1. The van der Waals surface area contributed by atoms with Crippen LogP contribution >= 0.6 is 0 Å². The van der Waals surface area contributed by atoms with E-state index < -0.39 is 0 Å². The zero-order chi connectivity index (χ0) is 9.42. The van der Waals surface area contributed by atoms with Crippen LogP contribution in [0.4, 0.5) is 0 Å². The van der Waals surface area contributed by atoms with Crippen LogP contribution in [0.1, 0.15) is 6.42 Å². The highest BCUT2D eigenvalue weighted by molar-refractivity contribution is 5.38. The molecule has 1 unspecified atom stereocenters.